The molecule has 1 saturated carbocycles. The number of ether oxygens (including phenoxy) is 2. The highest BCUT2D eigenvalue weighted by Gasteiger charge is 2.50. The largest absolute Gasteiger partial charge is 0.490 e. The van der Waals surface area contributed by atoms with Crippen LogP contribution in [0.2, 0.25) is 5.02 Å². The second-order valence-corrected chi connectivity index (χ2v) is 19.6. The van der Waals surface area contributed by atoms with E-state index in [0.717, 1.165) is 101 Å². The number of aryl methyl sites for hydroxylation is 1. The molecule has 1 N–H and O–H groups in total. The van der Waals surface area contributed by atoms with Gasteiger partial charge in [-0.25, -0.2) is 4.21 Å². The second kappa shape index (κ2) is 14.9. The third-order valence-corrected chi connectivity index (χ3v) is 15.8. The Bertz CT molecular complexity index is 1770. The third-order valence-electron chi connectivity index (χ3n) is 13.4. The van der Waals surface area contributed by atoms with Gasteiger partial charge in [-0.15, -0.1) is 0 Å². The zero-order valence-corrected chi connectivity index (χ0v) is 33.4. The standard InChI is InChI=1S/C42H59ClN4O4S/c1-29(2)46-21-19-45(20-22-46)27-42(50-5)18-7-9-30(3)31(4)52(6,49)44-40(48)33-12-16-39-38(24-33)47(25-34-11-14-37(34)42)26-41(28-51-39)17-8-10-32-23-35(43)13-15-36(32)41/h7,12-13,15-16,18,23-24,29-31,34,37H,6,8-11,14,17,19-22,25-28H2,1-5H3,(H,44,48,49)/b18-7+/t30-,31+,34-,37+,41-,42+,52?/m0/s1. The van der Waals surface area contributed by atoms with Gasteiger partial charge in [-0.1, -0.05) is 36.7 Å². The summed E-state index contributed by atoms with van der Waals surface area (Å²) in [6.07, 6.45) is 10.6. The molecule has 2 aromatic rings. The van der Waals surface area contributed by atoms with Crippen molar-refractivity contribution in [2.24, 2.45) is 17.8 Å². The molecule has 3 heterocycles. The Hall–Kier alpha value is -2.56. The highest BCUT2D eigenvalue weighted by atomic mass is 35.5. The van der Waals surface area contributed by atoms with Crippen LogP contribution in [-0.4, -0.2) is 102 Å². The zero-order chi connectivity index (χ0) is 36.8. The molecule has 5 aliphatic rings. The van der Waals surface area contributed by atoms with Crippen molar-refractivity contribution in [3.05, 3.63) is 70.3 Å². The van der Waals surface area contributed by atoms with E-state index < -0.39 is 15.3 Å². The van der Waals surface area contributed by atoms with E-state index >= 15 is 0 Å². The van der Waals surface area contributed by atoms with Gasteiger partial charge in [0.05, 0.1) is 22.0 Å². The number of allylic oxidation sites excluding steroid dienone is 1. The Morgan fingerprint density at radius 1 is 1.12 bits per heavy atom. The van der Waals surface area contributed by atoms with Gasteiger partial charge in [0.1, 0.15) is 11.4 Å². The first-order chi connectivity index (χ1) is 24.8. The van der Waals surface area contributed by atoms with Crippen molar-refractivity contribution in [3.8, 4) is 5.75 Å². The van der Waals surface area contributed by atoms with Crippen LogP contribution in [0, 0.1) is 17.8 Å². The second-order valence-electron chi connectivity index (χ2n) is 16.8. The summed E-state index contributed by atoms with van der Waals surface area (Å²) in [5.41, 5.74) is 3.34. The number of amides is 1. The van der Waals surface area contributed by atoms with Gasteiger partial charge in [-0.05, 0) is 124 Å². The van der Waals surface area contributed by atoms with Gasteiger partial charge in [0, 0.05) is 80.2 Å². The Balaban J connectivity index is 1.29. The number of anilines is 1. The normalized spacial score (nSPS) is 35.1. The van der Waals surface area contributed by atoms with E-state index in [4.69, 9.17) is 21.1 Å². The van der Waals surface area contributed by atoms with E-state index in [2.05, 4.69) is 70.3 Å². The van der Waals surface area contributed by atoms with Crippen molar-refractivity contribution in [2.75, 3.05) is 64.4 Å². The minimum Gasteiger partial charge on any atom is -0.490 e. The molecular weight excluding hydrogens is 692 g/mol. The van der Waals surface area contributed by atoms with E-state index in [1.807, 2.05) is 32.2 Å². The van der Waals surface area contributed by atoms with E-state index in [1.54, 1.807) is 6.07 Å². The zero-order valence-electron chi connectivity index (χ0n) is 31.9. The molecule has 2 aliphatic carbocycles. The van der Waals surface area contributed by atoms with Crippen molar-refractivity contribution < 1.29 is 18.5 Å². The maximum Gasteiger partial charge on any atom is 0.262 e. The quantitative estimate of drug-likeness (QED) is 0.279. The Kier molecular flexibility index (Phi) is 10.8. The van der Waals surface area contributed by atoms with Gasteiger partial charge in [-0.2, -0.15) is 0 Å². The van der Waals surface area contributed by atoms with Crippen LogP contribution in [0.1, 0.15) is 81.3 Å². The van der Waals surface area contributed by atoms with Crippen LogP contribution < -0.4 is 14.4 Å². The molecular formula is C42H59ClN4O4S. The highest BCUT2D eigenvalue weighted by molar-refractivity contribution is 7.99. The molecule has 8 nitrogen and oxygen atoms in total. The third kappa shape index (κ3) is 7.29. The summed E-state index contributed by atoms with van der Waals surface area (Å²) in [5.74, 6) is 5.24. The van der Waals surface area contributed by atoms with E-state index in [-0.39, 0.29) is 22.5 Å². The maximum absolute atomic E-state index is 14.0. The van der Waals surface area contributed by atoms with E-state index in [0.29, 0.717) is 30.0 Å². The minimum absolute atomic E-state index is 0.0381. The average molecular weight is 751 g/mol. The lowest BCUT2D eigenvalue weighted by Crippen LogP contribution is -2.59. The fourth-order valence-electron chi connectivity index (χ4n) is 9.69. The van der Waals surface area contributed by atoms with E-state index in [9.17, 15) is 9.00 Å². The molecule has 7 rings (SSSR count). The predicted molar refractivity (Wildman–Crippen MR) is 214 cm³/mol. The molecule has 2 fully saturated rings. The number of halogens is 1. The smallest absolute Gasteiger partial charge is 0.262 e. The van der Waals surface area contributed by atoms with Crippen molar-refractivity contribution in [1.29, 1.82) is 0 Å². The van der Waals surface area contributed by atoms with Gasteiger partial charge in [0.15, 0.2) is 0 Å². The molecule has 284 valence electrons. The number of benzene rings is 2. The number of rotatable bonds is 4. The number of carbonyl (C=O) groups excluding carboxylic acids is 1. The molecule has 1 saturated heterocycles. The highest BCUT2D eigenvalue weighted by Crippen LogP contribution is 2.49. The van der Waals surface area contributed by atoms with Gasteiger partial charge < -0.3 is 14.4 Å². The molecule has 2 aromatic carbocycles. The monoisotopic (exact) mass is 750 g/mol. The lowest BCUT2D eigenvalue weighted by atomic mass is 9.63. The van der Waals surface area contributed by atoms with Crippen LogP contribution >= 0.6 is 11.6 Å². The number of hydrogen-bond acceptors (Lipinski definition) is 7. The van der Waals surface area contributed by atoms with Gasteiger partial charge in [-0.3, -0.25) is 19.3 Å². The average Bonchev–Trinajstić information content (AvgIpc) is 3.25. The van der Waals surface area contributed by atoms with Crippen molar-refractivity contribution in [2.45, 2.75) is 88.5 Å². The van der Waals surface area contributed by atoms with Crippen LogP contribution in [-0.2, 0) is 26.3 Å². The Morgan fingerprint density at radius 2 is 1.90 bits per heavy atom. The lowest BCUT2D eigenvalue weighted by molar-refractivity contribution is -0.0961. The first-order valence-electron chi connectivity index (χ1n) is 19.5. The number of nitrogens with zero attached hydrogens (tertiary/aromatic N) is 3. The molecule has 2 bridgehead atoms. The first-order valence-corrected chi connectivity index (χ1v) is 21.7. The van der Waals surface area contributed by atoms with E-state index in [1.165, 1.54) is 11.1 Å². The number of methoxy groups -OCH3 is 1. The number of carbonyl (C=O) groups is 1. The first kappa shape index (κ1) is 37.7. The van der Waals surface area contributed by atoms with Gasteiger partial charge in [0.2, 0.25) is 0 Å². The molecule has 10 heteroatoms. The molecule has 1 spiro atoms. The van der Waals surface area contributed by atoms with Crippen molar-refractivity contribution in [1.82, 2.24) is 14.5 Å². The molecule has 0 aromatic heterocycles. The fraction of sp³-hybridized carbons (Fsp3) is 0.619. The van der Waals surface area contributed by atoms with Crippen LogP contribution in [0.3, 0.4) is 0 Å². The van der Waals surface area contributed by atoms with Crippen LogP contribution in [0.25, 0.3) is 0 Å². The Morgan fingerprint density at radius 3 is 2.62 bits per heavy atom. The minimum atomic E-state index is -2.95. The van der Waals surface area contributed by atoms with Crippen LogP contribution in [0.15, 0.2) is 48.6 Å². The van der Waals surface area contributed by atoms with Crippen LogP contribution in [0.5, 0.6) is 5.75 Å². The summed E-state index contributed by atoms with van der Waals surface area (Å²) in [6.45, 7) is 15.8. The predicted octanol–water partition coefficient (Wildman–Crippen LogP) is 6.60. The summed E-state index contributed by atoms with van der Waals surface area (Å²) in [6, 6.07) is 12.6. The lowest BCUT2D eigenvalue weighted by Gasteiger charge is -2.52. The van der Waals surface area contributed by atoms with Crippen LogP contribution in [0.4, 0.5) is 5.69 Å². The molecule has 52 heavy (non-hydrogen) atoms. The Labute approximate surface area is 317 Å². The summed E-state index contributed by atoms with van der Waals surface area (Å²) in [4.78, 5) is 21.5. The maximum atomic E-state index is 14.0. The number of piperazine rings is 1. The summed E-state index contributed by atoms with van der Waals surface area (Å²) in [5, 5.41) is 0.443. The summed E-state index contributed by atoms with van der Waals surface area (Å²) < 4.78 is 30.4. The number of fused-ring (bicyclic) bond motifs is 4. The summed E-state index contributed by atoms with van der Waals surface area (Å²) >= 11 is 6.52. The van der Waals surface area contributed by atoms with Gasteiger partial charge in [0.25, 0.3) is 5.91 Å². The van der Waals surface area contributed by atoms with Crippen molar-refractivity contribution in [3.63, 3.8) is 0 Å². The molecule has 1 amide bonds. The van der Waals surface area contributed by atoms with Gasteiger partial charge >= 0.3 is 0 Å². The van der Waals surface area contributed by atoms with Crippen molar-refractivity contribution >= 4 is 38.8 Å². The molecule has 1 unspecified atom stereocenters. The molecule has 3 aliphatic heterocycles. The number of hydrogen-bond donors (Lipinski definition) is 1. The molecule has 7 atom stereocenters. The summed E-state index contributed by atoms with van der Waals surface area (Å²) in [7, 11) is -1.05. The molecule has 0 radical (unpaired) electrons. The topological polar surface area (TPSA) is 74.4 Å². The fourth-order valence-corrected chi connectivity index (χ4v) is 11.4. The SMILES string of the molecule is C=S1(=O)NC(=O)c2ccc3c(c2)N(C[C@@H]2CC[C@H]2[C@@](CN2CCN(C(C)C)CC2)(OC)/C=C/C[C@H](C)[C@H]1C)C[C@@]1(CCCc2cc(Cl)ccc21)CO3. The number of nitrogens with one attached hydrogen (secondary N) is 1.